The van der Waals surface area contributed by atoms with Crippen LogP contribution in [0.2, 0.25) is 0 Å². The van der Waals surface area contributed by atoms with Crippen LogP contribution in [0.1, 0.15) is 16.7 Å². The van der Waals surface area contributed by atoms with Crippen LogP contribution in [0.25, 0.3) is 0 Å². The number of hydrogen-bond donors (Lipinski definition) is 2. The molecule has 0 saturated carbocycles. The van der Waals surface area contributed by atoms with Crippen LogP contribution in [-0.2, 0) is 0 Å². The van der Waals surface area contributed by atoms with E-state index in [4.69, 9.17) is 11.5 Å². The van der Waals surface area contributed by atoms with Crippen LogP contribution in [-0.4, -0.2) is 0 Å². The fourth-order valence-corrected chi connectivity index (χ4v) is 1.10. The summed E-state index contributed by atoms with van der Waals surface area (Å²) < 4.78 is 0. The van der Waals surface area contributed by atoms with Gasteiger partial charge in [0.1, 0.15) is 0 Å². The third-order valence-corrected chi connectivity index (χ3v) is 2.20. The second-order valence-corrected chi connectivity index (χ2v) is 2.95. The van der Waals surface area contributed by atoms with Gasteiger partial charge in [-0.05, 0) is 43.5 Å². The highest BCUT2D eigenvalue weighted by atomic mass is 14.6. The van der Waals surface area contributed by atoms with Crippen molar-refractivity contribution in [3.05, 3.63) is 22.8 Å². The number of benzene rings is 1. The molecule has 0 aliphatic rings. The molecule has 0 aliphatic heterocycles. The molecule has 1 aromatic rings. The summed E-state index contributed by atoms with van der Waals surface area (Å²) in [4.78, 5) is 0. The lowest BCUT2D eigenvalue weighted by atomic mass is 10.0. The maximum absolute atomic E-state index is 5.80. The molecule has 0 heterocycles. The summed E-state index contributed by atoms with van der Waals surface area (Å²) in [7, 11) is 0. The van der Waals surface area contributed by atoms with Gasteiger partial charge in [-0.3, -0.25) is 0 Å². The SMILES string of the molecule is Cc1cc(N)c(C)c(N)c1C. The van der Waals surface area contributed by atoms with Gasteiger partial charge >= 0.3 is 0 Å². The monoisotopic (exact) mass is 150 g/mol. The normalized spacial score (nSPS) is 10.1. The summed E-state index contributed by atoms with van der Waals surface area (Å²) in [5.74, 6) is 0. The molecular formula is C9H14N2. The Morgan fingerprint density at radius 1 is 1.00 bits per heavy atom. The van der Waals surface area contributed by atoms with E-state index < -0.39 is 0 Å². The molecule has 0 aliphatic carbocycles. The third kappa shape index (κ3) is 1.16. The minimum atomic E-state index is 0.783. The highest BCUT2D eigenvalue weighted by Crippen LogP contribution is 2.25. The van der Waals surface area contributed by atoms with Gasteiger partial charge in [0.05, 0.1) is 0 Å². The lowest BCUT2D eigenvalue weighted by Crippen LogP contribution is -2.00. The molecule has 2 nitrogen and oxygen atoms in total. The number of nitrogens with two attached hydrogens (primary N) is 2. The van der Waals surface area contributed by atoms with Crippen LogP contribution < -0.4 is 11.5 Å². The molecule has 0 spiro atoms. The van der Waals surface area contributed by atoms with Crippen molar-refractivity contribution in [3.63, 3.8) is 0 Å². The minimum absolute atomic E-state index is 0.783. The van der Waals surface area contributed by atoms with E-state index >= 15 is 0 Å². The van der Waals surface area contributed by atoms with Crippen molar-refractivity contribution in [3.8, 4) is 0 Å². The van der Waals surface area contributed by atoms with E-state index in [-0.39, 0.29) is 0 Å². The lowest BCUT2D eigenvalue weighted by Gasteiger charge is -2.09. The molecule has 1 rings (SSSR count). The summed E-state index contributed by atoms with van der Waals surface area (Å²) in [6.07, 6.45) is 0. The Bertz CT molecular complexity index is 264. The number of nitrogen functional groups attached to an aromatic ring is 2. The molecule has 4 N–H and O–H groups in total. The summed E-state index contributed by atoms with van der Waals surface area (Å²) >= 11 is 0. The van der Waals surface area contributed by atoms with Crippen molar-refractivity contribution < 1.29 is 0 Å². The Morgan fingerprint density at radius 2 is 1.55 bits per heavy atom. The molecule has 0 aromatic heterocycles. The molecule has 0 radical (unpaired) electrons. The van der Waals surface area contributed by atoms with Gasteiger partial charge in [-0.1, -0.05) is 0 Å². The fourth-order valence-electron chi connectivity index (χ4n) is 1.10. The quantitative estimate of drug-likeness (QED) is 0.554. The van der Waals surface area contributed by atoms with Gasteiger partial charge in [-0.15, -0.1) is 0 Å². The minimum Gasteiger partial charge on any atom is -0.398 e. The predicted molar refractivity (Wildman–Crippen MR) is 49.5 cm³/mol. The van der Waals surface area contributed by atoms with Gasteiger partial charge in [-0.25, -0.2) is 0 Å². The molecule has 0 amide bonds. The second-order valence-electron chi connectivity index (χ2n) is 2.95. The van der Waals surface area contributed by atoms with E-state index in [0.717, 1.165) is 28.1 Å². The molecule has 11 heavy (non-hydrogen) atoms. The first-order chi connectivity index (χ1) is 5.04. The van der Waals surface area contributed by atoms with E-state index in [2.05, 4.69) is 0 Å². The summed E-state index contributed by atoms with van der Waals surface area (Å²) in [6.45, 7) is 5.97. The zero-order valence-corrected chi connectivity index (χ0v) is 7.23. The van der Waals surface area contributed by atoms with Gasteiger partial charge in [0, 0.05) is 11.4 Å². The van der Waals surface area contributed by atoms with Crippen LogP contribution in [0.4, 0.5) is 11.4 Å². The van der Waals surface area contributed by atoms with Gasteiger partial charge in [-0.2, -0.15) is 0 Å². The molecule has 0 saturated heterocycles. The van der Waals surface area contributed by atoms with Crippen molar-refractivity contribution in [1.29, 1.82) is 0 Å². The zero-order valence-electron chi connectivity index (χ0n) is 7.23. The molecule has 2 heteroatoms. The molecule has 60 valence electrons. The van der Waals surface area contributed by atoms with Crippen LogP contribution in [0, 0.1) is 20.8 Å². The summed E-state index contributed by atoms with van der Waals surface area (Å²) in [5.41, 5.74) is 16.4. The maximum Gasteiger partial charge on any atom is 0.0396 e. The second kappa shape index (κ2) is 2.46. The summed E-state index contributed by atoms with van der Waals surface area (Å²) in [6, 6.07) is 1.96. The molecule has 0 bridgehead atoms. The first-order valence-corrected chi connectivity index (χ1v) is 3.65. The van der Waals surface area contributed by atoms with Gasteiger partial charge in [0.2, 0.25) is 0 Å². The zero-order chi connectivity index (χ0) is 8.59. The number of rotatable bonds is 0. The van der Waals surface area contributed by atoms with E-state index in [0.29, 0.717) is 0 Å². The van der Waals surface area contributed by atoms with Gasteiger partial charge in [0.25, 0.3) is 0 Å². The van der Waals surface area contributed by atoms with Crippen LogP contribution >= 0.6 is 0 Å². The van der Waals surface area contributed by atoms with Crippen molar-refractivity contribution in [2.75, 3.05) is 11.5 Å². The topological polar surface area (TPSA) is 52.0 Å². The van der Waals surface area contributed by atoms with Gasteiger partial charge in [0.15, 0.2) is 0 Å². The number of anilines is 2. The first kappa shape index (κ1) is 7.92. The lowest BCUT2D eigenvalue weighted by molar-refractivity contribution is 1.31. The first-order valence-electron chi connectivity index (χ1n) is 3.65. The third-order valence-electron chi connectivity index (χ3n) is 2.20. The van der Waals surface area contributed by atoms with E-state index in [1.54, 1.807) is 0 Å². The Hall–Kier alpha value is -1.18. The highest BCUT2D eigenvalue weighted by molar-refractivity contribution is 5.66. The fraction of sp³-hybridized carbons (Fsp3) is 0.333. The Kier molecular flexibility index (Phi) is 1.77. The Morgan fingerprint density at radius 3 is 2.09 bits per heavy atom. The molecule has 0 unspecified atom stereocenters. The Balaban J connectivity index is 3.46. The summed E-state index contributed by atoms with van der Waals surface area (Å²) in [5, 5.41) is 0. The van der Waals surface area contributed by atoms with Crippen LogP contribution in [0.15, 0.2) is 6.07 Å². The van der Waals surface area contributed by atoms with Gasteiger partial charge < -0.3 is 11.5 Å². The number of hydrogen-bond acceptors (Lipinski definition) is 2. The Labute approximate surface area is 67.2 Å². The van der Waals surface area contributed by atoms with E-state index in [1.165, 1.54) is 0 Å². The van der Waals surface area contributed by atoms with Crippen LogP contribution in [0.5, 0.6) is 0 Å². The van der Waals surface area contributed by atoms with E-state index in [9.17, 15) is 0 Å². The van der Waals surface area contributed by atoms with Crippen molar-refractivity contribution in [2.24, 2.45) is 0 Å². The highest BCUT2D eigenvalue weighted by Gasteiger charge is 2.03. The van der Waals surface area contributed by atoms with Crippen molar-refractivity contribution >= 4 is 11.4 Å². The average molecular weight is 150 g/mol. The average Bonchev–Trinajstić information content (AvgIpc) is 1.97. The molecule has 1 aromatic carbocycles. The van der Waals surface area contributed by atoms with Crippen LogP contribution in [0.3, 0.4) is 0 Å². The molecule has 0 fully saturated rings. The van der Waals surface area contributed by atoms with Crippen molar-refractivity contribution in [1.82, 2.24) is 0 Å². The maximum atomic E-state index is 5.80. The van der Waals surface area contributed by atoms with E-state index in [1.807, 2.05) is 26.8 Å². The molecule has 0 atom stereocenters. The predicted octanol–water partition coefficient (Wildman–Crippen LogP) is 1.78. The molecular weight excluding hydrogens is 136 g/mol. The largest absolute Gasteiger partial charge is 0.398 e. The van der Waals surface area contributed by atoms with Crippen molar-refractivity contribution in [2.45, 2.75) is 20.8 Å². The smallest absolute Gasteiger partial charge is 0.0396 e. The number of aryl methyl sites for hydroxylation is 1. The standard InChI is InChI=1S/C9H14N2/c1-5-4-8(10)7(3)9(11)6(5)2/h4H,10-11H2,1-3H3.